The quantitative estimate of drug-likeness (QED) is 0.219. The first kappa shape index (κ1) is 26.7. The van der Waals surface area contributed by atoms with E-state index in [1.165, 1.54) is 6.07 Å². The van der Waals surface area contributed by atoms with E-state index in [1.807, 2.05) is 24.3 Å². The predicted octanol–water partition coefficient (Wildman–Crippen LogP) is 5.78. The number of nitrogens with one attached hydrogen (secondary N) is 1. The summed E-state index contributed by atoms with van der Waals surface area (Å²) in [7, 11) is 1.63. The minimum Gasteiger partial charge on any atom is -0.497 e. The number of nitrogens with zero attached hydrogens (tertiary/aromatic N) is 2. The highest BCUT2D eigenvalue weighted by molar-refractivity contribution is 5.71. The Morgan fingerprint density at radius 1 is 1.16 bits per heavy atom. The number of methoxy groups -OCH3 is 1. The Hall–Kier alpha value is -3.33. The first-order chi connectivity index (χ1) is 17.9. The third kappa shape index (κ3) is 6.52. The molecular weight excluding hydrogens is 474 g/mol. The van der Waals surface area contributed by atoms with Gasteiger partial charge in [-0.05, 0) is 55.9 Å². The Morgan fingerprint density at radius 3 is 2.68 bits per heavy atom. The molecule has 0 radical (unpaired) electrons. The maximum atomic E-state index is 12.9. The van der Waals surface area contributed by atoms with Crippen LogP contribution in [0, 0.1) is 15.5 Å². The topological polar surface area (TPSA) is 103 Å². The van der Waals surface area contributed by atoms with Gasteiger partial charge in [0.05, 0.1) is 25.2 Å². The molecule has 9 heteroatoms. The molecule has 0 bridgehead atoms. The second kappa shape index (κ2) is 11.8. The van der Waals surface area contributed by atoms with Crippen molar-refractivity contribution in [3.8, 4) is 5.75 Å². The molecule has 2 aliphatic rings. The van der Waals surface area contributed by atoms with Crippen molar-refractivity contribution >= 4 is 17.5 Å². The zero-order chi connectivity index (χ0) is 26.3. The van der Waals surface area contributed by atoms with Crippen LogP contribution in [0.15, 0.2) is 48.5 Å². The third-order valence-electron chi connectivity index (χ3n) is 7.42. The number of anilines is 1. The summed E-state index contributed by atoms with van der Waals surface area (Å²) in [6.07, 6.45) is 4.94. The minimum absolute atomic E-state index is 0.0491. The number of unbranched alkanes of at least 4 members (excludes halogenated alkanes) is 1. The molecule has 4 rings (SSSR count). The van der Waals surface area contributed by atoms with Crippen molar-refractivity contribution in [2.45, 2.75) is 57.6 Å². The fourth-order valence-electron chi connectivity index (χ4n) is 5.56. The van der Waals surface area contributed by atoms with Crippen LogP contribution in [0.5, 0.6) is 5.75 Å². The average molecular weight is 512 g/mol. The van der Waals surface area contributed by atoms with Crippen molar-refractivity contribution in [1.82, 2.24) is 4.90 Å². The van der Waals surface area contributed by atoms with Gasteiger partial charge in [0.25, 0.3) is 5.69 Å². The summed E-state index contributed by atoms with van der Waals surface area (Å²) < 4.78 is 17.4. The summed E-state index contributed by atoms with van der Waals surface area (Å²) in [5.74, 6) is 0.774. The van der Waals surface area contributed by atoms with Crippen LogP contribution in [0.25, 0.3) is 0 Å². The Bertz CT molecular complexity index is 1080. The molecule has 2 aromatic rings. The number of amides is 1. The average Bonchev–Trinajstić information content (AvgIpc) is 3.19. The lowest BCUT2D eigenvalue weighted by atomic mass is 9.67. The van der Waals surface area contributed by atoms with Crippen LogP contribution >= 0.6 is 0 Å². The molecule has 2 atom stereocenters. The van der Waals surface area contributed by atoms with Gasteiger partial charge in [0, 0.05) is 31.2 Å². The van der Waals surface area contributed by atoms with E-state index in [0.717, 1.165) is 43.4 Å². The summed E-state index contributed by atoms with van der Waals surface area (Å²) in [6.45, 7) is 4.79. The van der Waals surface area contributed by atoms with Gasteiger partial charge in [-0.2, -0.15) is 0 Å². The highest BCUT2D eigenvalue weighted by Crippen LogP contribution is 2.47. The zero-order valence-corrected chi connectivity index (χ0v) is 21.7. The second-order valence-electron chi connectivity index (χ2n) is 10.3. The fraction of sp³-hybridized carbons (Fsp3) is 0.536. The Labute approximate surface area is 218 Å². The van der Waals surface area contributed by atoms with Gasteiger partial charge in [-0.1, -0.05) is 37.6 Å². The number of ether oxygens (including phenoxy) is 3. The number of carbonyl (C=O) groups is 1. The van der Waals surface area contributed by atoms with Crippen LogP contribution < -0.4 is 10.1 Å². The molecule has 9 nitrogen and oxygen atoms in total. The molecule has 200 valence electrons. The van der Waals surface area contributed by atoms with Crippen LogP contribution in [0.3, 0.4) is 0 Å². The van der Waals surface area contributed by atoms with Crippen LogP contribution in [0.4, 0.5) is 16.2 Å². The SMILES string of the molecule is CCCCOCC1(CNc2ccccc2[N+](=O)[O-])CCCC2(CN(Cc3ccc(OC)cc3)C(=O)O2)C1. The predicted molar refractivity (Wildman–Crippen MR) is 141 cm³/mol. The van der Waals surface area contributed by atoms with E-state index in [9.17, 15) is 14.9 Å². The molecule has 1 aliphatic carbocycles. The number of para-hydroxylation sites is 2. The van der Waals surface area contributed by atoms with E-state index in [1.54, 1.807) is 30.2 Å². The van der Waals surface area contributed by atoms with E-state index in [4.69, 9.17) is 14.2 Å². The van der Waals surface area contributed by atoms with E-state index < -0.39 is 5.60 Å². The van der Waals surface area contributed by atoms with Crippen LogP contribution in [-0.4, -0.2) is 54.9 Å². The number of nitro groups is 1. The van der Waals surface area contributed by atoms with Crippen LogP contribution in [-0.2, 0) is 16.0 Å². The van der Waals surface area contributed by atoms with Gasteiger partial charge in [0.2, 0.25) is 0 Å². The second-order valence-corrected chi connectivity index (χ2v) is 10.3. The number of carbonyl (C=O) groups excluding carboxylic acids is 1. The molecule has 2 unspecified atom stereocenters. The van der Waals surface area contributed by atoms with E-state index in [0.29, 0.717) is 45.0 Å². The van der Waals surface area contributed by atoms with Crippen molar-refractivity contribution in [2.24, 2.45) is 5.41 Å². The standard InChI is InChI=1S/C28H37N3O6/c1-3-4-16-36-21-27(19-29-24-8-5-6-9-25(24)31(33)34)14-7-15-28(18-27)20-30(26(32)37-28)17-22-10-12-23(35-2)13-11-22/h5-6,8-13,29H,3-4,7,14-21H2,1-2H3. The number of hydrogen-bond donors (Lipinski definition) is 1. The maximum absolute atomic E-state index is 12.9. The Kier molecular flexibility index (Phi) is 8.53. The Balaban J connectivity index is 1.49. The van der Waals surface area contributed by atoms with Crippen LogP contribution in [0.2, 0.25) is 0 Å². The number of rotatable bonds is 12. The number of hydrogen-bond acceptors (Lipinski definition) is 7. The van der Waals surface area contributed by atoms with Gasteiger partial charge < -0.3 is 19.5 Å². The van der Waals surface area contributed by atoms with E-state index in [2.05, 4.69) is 12.2 Å². The maximum Gasteiger partial charge on any atom is 0.410 e. The molecule has 1 amide bonds. The monoisotopic (exact) mass is 511 g/mol. The van der Waals surface area contributed by atoms with E-state index in [-0.39, 0.29) is 22.1 Å². The van der Waals surface area contributed by atoms with Crippen molar-refractivity contribution < 1.29 is 23.9 Å². The van der Waals surface area contributed by atoms with Crippen molar-refractivity contribution in [3.05, 3.63) is 64.2 Å². The largest absolute Gasteiger partial charge is 0.497 e. The molecule has 1 aliphatic heterocycles. The smallest absolute Gasteiger partial charge is 0.410 e. The molecule has 2 fully saturated rings. The molecule has 1 saturated heterocycles. The normalized spacial score (nSPS) is 23.2. The van der Waals surface area contributed by atoms with Gasteiger partial charge in [0.1, 0.15) is 17.0 Å². The zero-order valence-electron chi connectivity index (χ0n) is 21.7. The van der Waals surface area contributed by atoms with E-state index >= 15 is 0 Å². The summed E-state index contributed by atoms with van der Waals surface area (Å²) in [6, 6.07) is 14.4. The third-order valence-corrected chi connectivity index (χ3v) is 7.42. The highest BCUT2D eigenvalue weighted by atomic mass is 16.6. The number of benzene rings is 2. The Morgan fingerprint density at radius 2 is 1.95 bits per heavy atom. The molecular formula is C28H37N3O6. The lowest BCUT2D eigenvalue weighted by molar-refractivity contribution is -0.384. The van der Waals surface area contributed by atoms with Crippen molar-refractivity contribution in [1.29, 1.82) is 0 Å². The number of nitro benzene ring substituents is 1. The highest BCUT2D eigenvalue weighted by Gasteiger charge is 2.52. The van der Waals surface area contributed by atoms with Gasteiger partial charge >= 0.3 is 6.09 Å². The van der Waals surface area contributed by atoms with Crippen LogP contribution in [0.1, 0.15) is 51.0 Å². The van der Waals surface area contributed by atoms with Gasteiger partial charge in [0.15, 0.2) is 0 Å². The molecule has 1 heterocycles. The lowest BCUT2D eigenvalue weighted by Crippen LogP contribution is -2.49. The summed E-state index contributed by atoms with van der Waals surface area (Å²) >= 11 is 0. The van der Waals surface area contributed by atoms with Crippen molar-refractivity contribution in [3.63, 3.8) is 0 Å². The molecule has 37 heavy (non-hydrogen) atoms. The molecule has 1 spiro atoms. The van der Waals surface area contributed by atoms with Gasteiger partial charge in [-0.25, -0.2) is 4.79 Å². The summed E-state index contributed by atoms with van der Waals surface area (Å²) in [5, 5.41) is 14.9. The molecule has 0 aromatic heterocycles. The molecule has 1 N–H and O–H groups in total. The first-order valence-corrected chi connectivity index (χ1v) is 13.0. The fourth-order valence-corrected chi connectivity index (χ4v) is 5.56. The van der Waals surface area contributed by atoms with Gasteiger partial charge in [-0.15, -0.1) is 0 Å². The minimum atomic E-state index is -0.597. The first-order valence-electron chi connectivity index (χ1n) is 13.0. The summed E-state index contributed by atoms with van der Waals surface area (Å²) in [4.78, 5) is 25.9. The lowest BCUT2D eigenvalue weighted by Gasteiger charge is -2.45. The van der Waals surface area contributed by atoms with Crippen molar-refractivity contribution in [2.75, 3.05) is 38.7 Å². The van der Waals surface area contributed by atoms with Gasteiger partial charge in [-0.3, -0.25) is 15.0 Å². The summed E-state index contributed by atoms with van der Waals surface area (Å²) in [5.41, 5.74) is 0.641. The molecule has 1 saturated carbocycles. The molecule has 2 aromatic carbocycles.